The van der Waals surface area contributed by atoms with Gasteiger partial charge in [0, 0.05) is 18.4 Å². The lowest BCUT2D eigenvalue weighted by molar-refractivity contribution is -0.144. The Morgan fingerprint density at radius 3 is 2.33 bits per heavy atom. The fourth-order valence-electron chi connectivity index (χ4n) is 0.865. The molecular formula is C9H16N2O5S2. The van der Waals surface area contributed by atoms with Crippen molar-refractivity contribution in [2.75, 3.05) is 18.6 Å². The molecule has 1 amide bonds. The molecule has 0 rings (SSSR count). The van der Waals surface area contributed by atoms with Crippen LogP contribution < -0.4 is 11.1 Å². The molecule has 0 aliphatic carbocycles. The number of rotatable bonds is 8. The van der Waals surface area contributed by atoms with E-state index in [-0.39, 0.29) is 17.4 Å². The maximum Gasteiger partial charge on any atom is 0.329 e. The van der Waals surface area contributed by atoms with Crippen molar-refractivity contribution in [1.82, 2.24) is 5.32 Å². The summed E-state index contributed by atoms with van der Waals surface area (Å²) in [6.07, 6.45) is 0. The fraction of sp³-hybridized carbons (Fsp3) is 0.667. The minimum atomic E-state index is -1.07. The van der Waals surface area contributed by atoms with E-state index in [1.54, 1.807) is 0 Å². The highest BCUT2D eigenvalue weighted by molar-refractivity contribution is 8.76. The Morgan fingerprint density at radius 1 is 1.33 bits per heavy atom. The molecule has 0 aliphatic heterocycles. The molecule has 7 nitrogen and oxygen atoms in total. The molecule has 0 spiro atoms. The van der Waals surface area contributed by atoms with E-state index >= 15 is 0 Å². The monoisotopic (exact) mass is 296 g/mol. The summed E-state index contributed by atoms with van der Waals surface area (Å²) in [6, 6.07) is -1.69. The number of carboxylic acid groups (broad SMARTS) is 1. The normalized spacial score (nSPS) is 13.5. The van der Waals surface area contributed by atoms with Crippen molar-refractivity contribution in [2.24, 2.45) is 5.73 Å². The van der Waals surface area contributed by atoms with Crippen LogP contribution in [-0.4, -0.2) is 53.7 Å². The Labute approximate surface area is 113 Å². The van der Waals surface area contributed by atoms with Crippen molar-refractivity contribution in [3.05, 3.63) is 0 Å². The molecule has 2 unspecified atom stereocenters. The number of aliphatic carboxylic acids is 1. The predicted octanol–water partition coefficient (Wildman–Crippen LogP) is -0.543. The van der Waals surface area contributed by atoms with Crippen LogP contribution in [-0.2, 0) is 19.1 Å². The van der Waals surface area contributed by atoms with E-state index in [1.807, 2.05) is 0 Å². The van der Waals surface area contributed by atoms with Crippen LogP contribution in [0.15, 0.2) is 0 Å². The topological polar surface area (TPSA) is 119 Å². The van der Waals surface area contributed by atoms with E-state index in [1.165, 1.54) is 35.6 Å². The van der Waals surface area contributed by atoms with Crippen molar-refractivity contribution < 1.29 is 24.2 Å². The van der Waals surface area contributed by atoms with Gasteiger partial charge in [0.15, 0.2) is 0 Å². The molecular weight excluding hydrogens is 280 g/mol. The molecule has 0 aromatic heterocycles. The average Bonchev–Trinajstić information content (AvgIpc) is 2.30. The average molecular weight is 296 g/mol. The van der Waals surface area contributed by atoms with E-state index in [4.69, 9.17) is 10.8 Å². The third-order valence-corrected chi connectivity index (χ3v) is 4.19. The van der Waals surface area contributed by atoms with Gasteiger partial charge in [-0.05, 0) is 0 Å². The van der Waals surface area contributed by atoms with Crippen LogP contribution in [0.1, 0.15) is 6.92 Å². The Balaban J connectivity index is 4.00. The predicted molar refractivity (Wildman–Crippen MR) is 70.1 cm³/mol. The second kappa shape index (κ2) is 9.06. The number of amides is 1. The minimum absolute atomic E-state index is 0.216. The van der Waals surface area contributed by atoms with Crippen LogP contribution in [0.3, 0.4) is 0 Å². The Hall–Kier alpha value is -0.930. The molecule has 0 radical (unpaired) electrons. The fourth-order valence-corrected chi connectivity index (χ4v) is 3.13. The van der Waals surface area contributed by atoms with Crippen molar-refractivity contribution in [3.8, 4) is 0 Å². The maximum atomic E-state index is 11.3. The van der Waals surface area contributed by atoms with Crippen LogP contribution in [0.4, 0.5) is 0 Å². The van der Waals surface area contributed by atoms with Gasteiger partial charge >= 0.3 is 11.9 Å². The van der Waals surface area contributed by atoms with Gasteiger partial charge in [-0.15, -0.1) is 0 Å². The molecule has 2 atom stereocenters. The largest absolute Gasteiger partial charge is 0.480 e. The van der Waals surface area contributed by atoms with Gasteiger partial charge < -0.3 is 20.9 Å². The molecule has 0 aromatic rings. The first-order chi connectivity index (χ1) is 8.38. The van der Waals surface area contributed by atoms with E-state index in [2.05, 4.69) is 10.1 Å². The number of hydrogen-bond donors (Lipinski definition) is 3. The van der Waals surface area contributed by atoms with Gasteiger partial charge in [-0.1, -0.05) is 21.6 Å². The maximum absolute atomic E-state index is 11.3. The number of nitrogens with two attached hydrogens (primary N) is 1. The summed E-state index contributed by atoms with van der Waals surface area (Å²) in [7, 11) is 3.71. The number of esters is 1. The van der Waals surface area contributed by atoms with Gasteiger partial charge in [-0.25, -0.2) is 4.79 Å². The highest BCUT2D eigenvalue weighted by Gasteiger charge is 2.20. The summed E-state index contributed by atoms with van der Waals surface area (Å²) in [4.78, 5) is 32.6. The lowest BCUT2D eigenvalue weighted by Gasteiger charge is -2.14. The Morgan fingerprint density at radius 2 is 1.89 bits per heavy atom. The summed E-state index contributed by atoms with van der Waals surface area (Å²) in [6.45, 7) is 1.30. The van der Waals surface area contributed by atoms with Crippen LogP contribution >= 0.6 is 21.6 Å². The zero-order chi connectivity index (χ0) is 14.1. The summed E-state index contributed by atoms with van der Waals surface area (Å²) in [5, 5.41) is 11.0. The standard InChI is InChI=1S/C9H16N2O5S2/c1-5(12)11-7(9(15)16-2)4-18-17-3-6(10)8(13)14/h6-7H,3-4,10H2,1-2H3,(H,11,12)(H,13,14). The van der Waals surface area contributed by atoms with Crippen molar-refractivity contribution in [3.63, 3.8) is 0 Å². The number of carboxylic acids is 1. The second-order valence-electron chi connectivity index (χ2n) is 3.29. The van der Waals surface area contributed by atoms with Gasteiger partial charge in [0.25, 0.3) is 0 Å². The zero-order valence-corrected chi connectivity index (χ0v) is 11.7. The molecule has 0 fully saturated rings. The highest BCUT2D eigenvalue weighted by atomic mass is 33.1. The summed E-state index contributed by atoms with van der Waals surface area (Å²) in [5.74, 6) is -1.45. The second-order valence-corrected chi connectivity index (χ2v) is 5.84. The lowest BCUT2D eigenvalue weighted by atomic mass is 10.3. The molecule has 0 bridgehead atoms. The van der Waals surface area contributed by atoms with Gasteiger partial charge in [0.1, 0.15) is 12.1 Å². The van der Waals surface area contributed by atoms with E-state index in [0.29, 0.717) is 0 Å². The number of nitrogens with one attached hydrogen (secondary N) is 1. The van der Waals surface area contributed by atoms with Gasteiger partial charge in [-0.2, -0.15) is 0 Å². The van der Waals surface area contributed by atoms with E-state index in [9.17, 15) is 14.4 Å². The number of hydrogen-bond acceptors (Lipinski definition) is 7. The third-order valence-electron chi connectivity index (χ3n) is 1.75. The summed E-state index contributed by atoms with van der Waals surface area (Å²) < 4.78 is 4.53. The first kappa shape index (κ1) is 17.1. The molecule has 0 aromatic carbocycles. The first-order valence-electron chi connectivity index (χ1n) is 4.96. The molecule has 0 saturated carbocycles. The number of carbonyl (C=O) groups is 3. The first-order valence-corrected chi connectivity index (χ1v) is 7.45. The van der Waals surface area contributed by atoms with Gasteiger partial charge in [0.2, 0.25) is 5.91 Å². The van der Waals surface area contributed by atoms with Crippen molar-refractivity contribution in [1.29, 1.82) is 0 Å². The minimum Gasteiger partial charge on any atom is -0.480 e. The van der Waals surface area contributed by atoms with Crippen LogP contribution in [0, 0.1) is 0 Å². The van der Waals surface area contributed by atoms with E-state index < -0.39 is 24.0 Å². The molecule has 0 saturated heterocycles. The van der Waals surface area contributed by atoms with Crippen LogP contribution in [0.5, 0.6) is 0 Å². The van der Waals surface area contributed by atoms with Crippen molar-refractivity contribution in [2.45, 2.75) is 19.0 Å². The SMILES string of the molecule is COC(=O)C(CSSCC(N)C(=O)O)NC(C)=O. The quantitative estimate of drug-likeness (QED) is 0.310. The molecule has 0 aliphatic rings. The van der Waals surface area contributed by atoms with Crippen molar-refractivity contribution >= 4 is 39.4 Å². The lowest BCUT2D eigenvalue weighted by Crippen LogP contribution is -2.42. The zero-order valence-electron chi connectivity index (χ0n) is 10.0. The van der Waals surface area contributed by atoms with Gasteiger partial charge in [0.05, 0.1) is 7.11 Å². The Bertz CT molecular complexity index is 313. The van der Waals surface area contributed by atoms with Crippen LogP contribution in [0.25, 0.3) is 0 Å². The number of carbonyl (C=O) groups excluding carboxylic acids is 2. The van der Waals surface area contributed by atoms with Crippen LogP contribution in [0.2, 0.25) is 0 Å². The molecule has 4 N–H and O–H groups in total. The molecule has 104 valence electrons. The number of ether oxygens (including phenoxy) is 1. The highest BCUT2D eigenvalue weighted by Crippen LogP contribution is 2.22. The molecule has 9 heteroatoms. The number of methoxy groups -OCH3 is 1. The third kappa shape index (κ3) is 7.41. The molecule has 18 heavy (non-hydrogen) atoms. The Kier molecular flexibility index (Phi) is 8.59. The smallest absolute Gasteiger partial charge is 0.329 e. The molecule has 0 heterocycles. The summed E-state index contributed by atoms with van der Waals surface area (Å²) >= 11 is 0. The van der Waals surface area contributed by atoms with E-state index in [0.717, 1.165) is 0 Å². The van der Waals surface area contributed by atoms with Gasteiger partial charge in [-0.3, -0.25) is 9.59 Å². The summed E-state index contributed by atoms with van der Waals surface area (Å²) in [5.41, 5.74) is 5.30.